The summed E-state index contributed by atoms with van der Waals surface area (Å²) in [6, 6.07) is 36.7. The van der Waals surface area contributed by atoms with Gasteiger partial charge in [0.25, 0.3) is 0 Å². The number of hydrogen-bond donors (Lipinski definition) is 0. The molecule has 0 radical (unpaired) electrons. The lowest BCUT2D eigenvalue weighted by Gasteiger charge is -2.11. The number of nitrogens with zero attached hydrogens (tertiary/aromatic N) is 2. The number of benzene rings is 4. The van der Waals surface area contributed by atoms with Crippen LogP contribution in [0.2, 0.25) is 0 Å². The van der Waals surface area contributed by atoms with E-state index in [-0.39, 0.29) is 0 Å². The highest BCUT2D eigenvalue weighted by atomic mass is 16.5. The van der Waals surface area contributed by atoms with Crippen LogP contribution in [0.1, 0.15) is 13.3 Å². The quantitative estimate of drug-likeness (QED) is 0.184. The molecule has 0 N–H and O–H groups in total. The van der Waals surface area contributed by atoms with Crippen molar-refractivity contribution in [2.75, 3.05) is 6.61 Å². The lowest BCUT2D eigenvalue weighted by Crippen LogP contribution is -2.38. The number of rotatable bonds is 1. The van der Waals surface area contributed by atoms with E-state index >= 15 is 0 Å². The van der Waals surface area contributed by atoms with Gasteiger partial charge in [0.15, 0.2) is 0 Å². The van der Waals surface area contributed by atoms with Crippen molar-refractivity contribution in [2.45, 2.75) is 19.9 Å². The number of aryl methyl sites for hydroxylation is 1. The smallest absolute Gasteiger partial charge is 0.239 e. The summed E-state index contributed by atoms with van der Waals surface area (Å²) >= 11 is 0. The second-order valence-electron chi connectivity index (χ2n) is 9.90. The fourth-order valence-corrected chi connectivity index (χ4v) is 5.43. The normalized spacial score (nSPS) is 15.5. The van der Waals surface area contributed by atoms with E-state index in [1.165, 1.54) is 27.4 Å². The van der Waals surface area contributed by atoms with Crippen LogP contribution in [0.25, 0.3) is 55.1 Å². The molecule has 2 aromatic heterocycles. The van der Waals surface area contributed by atoms with E-state index in [0.29, 0.717) is 5.92 Å². The van der Waals surface area contributed by atoms with E-state index < -0.39 is 0 Å². The molecule has 3 heterocycles. The lowest BCUT2D eigenvalue weighted by atomic mass is 10.0. The minimum Gasteiger partial charge on any atom is -0.492 e. The van der Waals surface area contributed by atoms with Crippen molar-refractivity contribution >= 4 is 32.6 Å². The zero-order valence-electron chi connectivity index (χ0n) is 20.3. The van der Waals surface area contributed by atoms with Crippen LogP contribution in [0.3, 0.4) is 0 Å². The van der Waals surface area contributed by atoms with E-state index in [0.717, 1.165) is 53.0 Å². The summed E-state index contributed by atoms with van der Waals surface area (Å²) in [4.78, 5) is 5.29. The van der Waals surface area contributed by atoms with Crippen LogP contribution in [-0.2, 0) is 6.54 Å². The molecule has 1 atom stereocenters. The molecule has 0 fully saturated rings. The van der Waals surface area contributed by atoms with Crippen LogP contribution >= 0.6 is 0 Å². The molecule has 1 aliphatic heterocycles. The van der Waals surface area contributed by atoms with Crippen LogP contribution in [0.15, 0.2) is 103 Å². The maximum atomic E-state index is 6.26. The molecule has 7 rings (SSSR count). The minimum atomic E-state index is 0.461. The van der Waals surface area contributed by atoms with Crippen molar-refractivity contribution in [1.82, 2.24) is 4.98 Å². The third-order valence-electron chi connectivity index (χ3n) is 7.43. The van der Waals surface area contributed by atoms with Crippen molar-refractivity contribution in [3.05, 3.63) is 103 Å². The largest absolute Gasteiger partial charge is 0.492 e. The van der Waals surface area contributed by atoms with Gasteiger partial charge < -0.3 is 4.74 Å². The zero-order valence-corrected chi connectivity index (χ0v) is 20.3. The second-order valence-corrected chi connectivity index (χ2v) is 9.90. The average molecular weight is 468 g/mol. The fourth-order valence-electron chi connectivity index (χ4n) is 5.43. The van der Waals surface area contributed by atoms with E-state index in [1.54, 1.807) is 0 Å². The van der Waals surface area contributed by atoms with E-state index in [1.807, 2.05) is 0 Å². The first-order valence-corrected chi connectivity index (χ1v) is 12.7. The highest BCUT2D eigenvalue weighted by molar-refractivity contribution is 6.02. The summed E-state index contributed by atoms with van der Waals surface area (Å²) in [5.41, 5.74) is 6.69. The molecule has 0 saturated heterocycles. The minimum absolute atomic E-state index is 0.461. The predicted molar refractivity (Wildman–Crippen MR) is 147 cm³/mol. The molecule has 0 aliphatic carbocycles. The maximum absolute atomic E-state index is 6.26. The number of ether oxygens (including phenoxy) is 1. The van der Waals surface area contributed by atoms with Gasteiger partial charge in [0.05, 0.1) is 17.9 Å². The molecule has 3 nitrogen and oxygen atoms in total. The molecule has 1 unspecified atom stereocenters. The maximum Gasteiger partial charge on any atom is 0.239 e. The van der Waals surface area contributed by atoms with E-state index in [9.17, 15) is 0 Å². The fraction of sp³-hybridized carbons (Fsp3) is 0.152. The van der Waals surface area contributed by atoms with Gasteiger partial charge in [-0.3, -0.25) is 0 Å². The van der Waals surface area contributed by atoms with Crippen LogP contribution in [0.5, 0.6) is 5.75 Å². The summed E-state index contributed by atoms with van der Waals surface area (Å²) in [6.07, 6.45) is 1.05. The van der Waals surface area contributed by atoms with Crippen LogP contribution in [-0.4, -0.2) is 11.6 Å². The summed E-state index contributed by atoms with van der Waals surface area (Å²) in [6.45, 7) is 3.93. The number of fused-ring (bicyclic) bond motifs is 8. The third-order valence-corrected chi connectivity index (χ3v) is 7.43. The molecule has 0 saturated carbocycles. The van der Waals surface area contributed by atoms with Crippen molar-refractivity contribution < 1.29 is 9.30 Å². The third kappa shape index (κ3) is 3.51. The summed E-state index contributed by atoms with van der Waals surface area (Å²) in [5, 5.41) is 4.84. The first kappa shape index (κ1) is 21.1. The monoisotopic (exact) mass is 467 g/mol. The molecular weight excluding hydrogens is 440 g/mol. The summed E-state index contributed by atoms with van der Waals surface area (Å²) < 4.78 is 8.73. The Labute approximate surface area is 210 Å². The Hall–Kier alpha value is -4.24. The summed E-state index contributed by atoms with van der Waals surface area (Å²) in [7, 11) is 0. The van der Waals surface area contributed by atoms with Gasteiger partial charge in [-0.1, -0.05) is 67.6 Å². The second kappa shape index (κ2) is 8.46. The molecule has 1 aliphatic rings. The standard InChI is InChI=1S/C33H27N2O/c1-22-18-19-35-30(28-8-4-5-9-31(28)36-21-22)17-15-25-12-11-24-14-16-29(34-32(24)33(25)35)27-13-10-23-6-2-3-7-26(23)20-27/h2-17,20,22H,18-19,21H2,1H3/q+1. The van der Waals surface area contributed by atoms with Gasteiger partial charge in [-0.25, -0.2) is 4.98 Å². The SMILES string of the molecule is CC1CC[n+]2c(ccc3ccc4ccc(-c5ccc6ccccc6c5)nc4c32)-c2ccccc2OC1. The van der Waals surface area contributed by atoms with Crippen LogP contribution in [0.4, 0.5) is 0 Å². The predicted octanol–water partition coefficient (Wildman–Crippen LogP) is 7.58. The Morgan fingerprint density at radius 3 is 2.44 bits per heavy atom. The molecule has 174 valence electrons. The molecule has 0 bridgehead atoms. The Morgan fingerprint density at radius 1 is 0.750 bits per heavy atom. The number of aromatic nitrogens is 2. The number of para-hydroxylation sites is 1. The van der Waals surface area contributed by atoms with Gasteiger partial charge in [0.2, 0.25) is 11.2 Å². The molecule has 4 aromatic carbocycles. The highest BCUT2D eigenvalue weighted by Gasteiger charge is 2.25. The summed E-state index contributed by atoms with van der Waals surface area (Å²) in [5.74, 6) is 1.41. The molecular formula is C33H27N2O+. The molecule has 6 aromatic rings. The molecule has 3 heteroatoms. The molecule has 36 heavy (non-hydrogen) atoms. The number of pyridine rings is 2. The van der Waals surface area contributed by atoms with Gasteiger partial charge in [-0.2, -0.15) is 4.57 Å². The van der Waals surface area contributed by atoms with Gasteiger partial charge in [0.1, 0.15) is 17.8 Å². The van der Waals surface area contributed by atoms with E-state index in [4.69, 9.17) is 9.72 Å². The van der Waals surface area contributed by atoms with Gasteiger partial charge in [-0.05, 0) is 53.1 Å². The van der Waals surface area contributed by atoms with Gasteiger partial charge in [0, 0.05) is 28.8 Å². The average Bonchev–Trinajstić information content (AvgIpc) is 3.00. The first-order chi connectivity index (χ1) is 17.7. The van der Waals surface area contributed by atoms with Crippen molar-refractivity contribution in [3.63, 3.8) is 0 Å². The number of hydrogen-bond acceptors (Lipinski definition) is 2. The zero-order chi connectivity index (χ0) is 24.1. The highest BCUT2D eigenvalue weighted by Crippen LogP contribution is 2.33. The first-order valence-electron chi connectivity index (χ1n) is 12.7. The lowest BCUT2D eigenvalue weighted by molar-refractivity contribution is -0.660. The Balaban J connectivity index is 1.50. The van der Waals surface area contributed by atoms with Crippen LogP contribution < -0.4 is 9.30 Å². The van der Waals surface area contributed by atoms with Crippen molar-refractivity contribution in [1.29, 1.82) is 0 Å². The van der Waals surface area contributed by atoms with Crippen molar-refractivity contribution in [3.8, 4) is 28.3 Å². The Bertz CT molecular complexity index is 1770. The molecule has 0 spiro atoms. The van der Waals surface area contributed by atoms with Gasteiger partial charge >= 0.3 is 0 Å². The van der Waals surface area contributed by atoms with Gasteiger partial charge in [-0.15, -0.1) is 0 Å². The Morgan fingerprint density at radius 2 is 1.50 bits per heavy atom. The topological polar surface area (TPSA) is 26.0 Å². The van der Waals surface area contributed by atoms with E-state index in [2.05, 4.69) is 115 Å². The van der Waals surface area contributed by atoms with Crippen molar-refractivity contribution in [2.24, 2.45) is 5.92 Å². The molecule has 0 amide bonds. The van der Waals surface area contributed by atoms with Crippen LogP contribution in [0, 0.1) is 5.92 Å². The Kier molecular flexibility index (Phi) is 4.95.